The van der Waals surface area contributed by atoms with Crippen LogP contribution in [0.3, 0.4) is 0 Å². The highest BCUT2D eigenvalue weighted by atomic mass is 17.2. The zero-order valence-electron chi connectivity index (χ0n) is 16.8. The molecule has 0 radical (unpaired) electrons. The average molecular weight is 375 g/mol. The molecule has 0 aliphatic carbocycles. The third-order valence-corrected chi connectivity index (χ3v) is 4.00. The van der Waals surface area contributed by atoms with Crippen molar-refractivity contribution in [2.24, 2.45) is 0 Å². The summed E-state index contributed by atoms with van der Waals surface area (Å²) in [6.07, 6.45) is 13.5. The van der Waals surface area contributed by atoms with Gasteiger partial charge in [-0.15, -0.1) is 0 Å². The van der Waals surface area contributed by atoms with Crippen molar-refractivity contribution in [2.45, 2.75) is 104 Å². The summed E-state index contributed by atoms with van der Waals surface area (Å²) >= 11 is 0. The minimum absolute atomic E-state index is 0.0737. The van der Waals surface area contributed by atoms with Gasteiger partial charge in [0.15, 0.2) is 0 Å². The Kier molecular flexibility index (Phi) is 19.3. The van der Waals surface area contributed by atoms with Crippen molar-refractivity contribution in [3.05, 3.63) is 0 Å². The molecule has 0 bridgehead atoms. The first-order chi connectivity index (χ1) is 12.7. The number of hydrogen-bond donors (Lipinski definition) is 0. The first-order valence-electron chi connectivity index (χ1n) is 10.3. The summed E-state index contributed by atoms with van der Waals surface area (Å²) < 4.78 is 0. The molecular weight excluding hydrogens is 336 g/mol. The molecule has 0 rings (SSSR count). The Labute approximate surface area is 158 Å². The lowest BCUT2D eigenvalue weighted by molar-refractivity contribution is -0.278. The van der Waals surface area contributed by atoms with Crippen LogP contribution in [0, 0.1) is 0 Å². The van der Waals surface area contributed by atoms with E-state index in [-0.39, 0.29) is 12.8 Å². The molecule has 154 valence electrons. The van der Waals surface area contributed by atoms with Crippen LogP contribution in [0.4, 0.5) is 0 Å². The van der Waals surface area contributed by atoms with Crippen LogP contribution in [-0.2, 0) is 29.1 Å². The molecule has 0 fully saturated rings. The van der Waals surface area contributed by atoms with Crippen LogP contribution in [0.5, 0.6) is 0 Å². The van der Waals surface area contributed by atoms with Crippen molar-refractivity contribution in [3.8, 4) is 0 Å². The van der Waals surface area contributed by atoms with Gasteiger partial charge in [0.2, 0.25) is 0 Å². The molecule has 0 spiro atoms. The Morgan fingerprint density at radius 2 is 0.885 bits per heavy atom. The molecule has 0 atom stereocenters. The van der Waals surface area contributed by atoms with Crippen LogP contribution in [0.25, 0.3) is 0 Å². The van der Waals surface area contributed by atoms with E-state index >= 15 is 0 Å². The van der Waals surface area contributed by atoms with E-state index in [1.54, 1.807) is 0 Å². The summed E-state index contributed by atoms with van der Waals surface area (Å²) in [4.78, 5) is 41.8. The molecule has 0 unspecified atom stereocenters. The van der Waals surface area contributed by atoms with Gasteiger partial charge in [-0.2, -0.15) is 9.78 Å². The lowest BCUT2D eigenvalue weighted by atomic mass is 10.1. The van der Waals surface area contributed by atoms with E-state index in [1.807, 2.05) is 0 Å². The van der Waals surface area contributed by atoms with Crippen molar-refractivity contribution in [1.82, 2.24) is 0 Å². The van der Waals surface area contributed by atoms with Crippen molar-refractivity contribution in [2.75, 3.05) is 13.2 Å². The third-order valence-electron chi connectivity index (χ3n) is 4.00. The van der Waals surface area contributed by atoms with Crippen LogP contribution in [0.1, 0.15) is 104 Å². The SMILES string of the molecule is CCCCCCCCOOC(=O)CCC(=O)OOCCCCCCCC. The number of carbonyl (C=O) groups is 2. The molecule has 6 heteroatoms. The maximum absolute atomic E-state index is 11.4. The lowest BCUT2D eigenvalue weighted by Gasteiger charge is -2.05. The van der Waals surface area contributed by atoms with Gasteiger partial charge in [0.05, 0.1) is 26.1 Å². The van der Waals surface area contributed by atoms with Gasteiger partial charge in [0.25, 0.3) is 0 Å². The van der Waals surface area contributed by atoms with Gasteiger partial charge in [-0.1, -0.05) is 78.1 Å². The molecular formula is C20H38O6. The van der Waals surface area contributed by atoms with Gasteiger partial charge in [0.1, 0.15) is 0 Å². The number of hydrogen-bond acceptors (Lipinski definition) is 6. The van der Waals surface area contributed by atoms with E-state index in [9.17, 15) is 9.59 Å². The molecule has 0 amide bonds. The largest absolute Gasteiger partial charge is 0.342 e. The number of unbranched alkanes of at least 4 members (excludes halogenated alkanes) is 10. The van der Waals surface area contributed by atoms with Gasteiger partial charge in [-0.25, -0.2) is 9.59 Å². The van der Waals surface area contributed by atoms with Gasteiger partial charge >= 0.3 is 11.9 Å². The topological polar surface area (TPSA) is 71.1 Å². The van der Waals surface area contributed by atoms with E-state index in [2.05, 4.69) is 23.6 Å². The summed E-state index contributed by atoms with van der Waals surface area (Å²) in [6, 6.07) is 0. The zero-order chi connectivity index (χ0) is 19.3. The summed E-state index contributed by atoms with van der Waals surface area (Å²) in [5.41, 5.74) is 0. The standard InChI is InChI=1S/C20H38O6/c1-3-5-7-9-11-13-17-23-25-19(21)15-16-20(22)26-24-18-14-12-10-8-6-4-2/h3-18H2,1-2H3. The first-order valence-corrected chi connectivity index (χ1v) is 10.3. The fourth-order valence-corrected chi connectivity index (χ4v) is 2.38. The fourth-order valence-electron chi connectivity index (χ4n) is 2.38. The first kappa shape index (κ1) is 24.9. The van der Waals surface area contributed by atoms with Gasteiger partial charge < -0.3 is 0 Å². The van der Waals surface area contributed by atoms with Crippen LogP contribution >= 0.6 is 0 Å². The molecule has 26 heavy (non-hydrogen) atoms. The Hall–Kier alpha value is -1.14. The Morgan fingerprint density at radius 3 is 1.27 bits per heavy atom. The number of rotatable bonds is 19. The predicted molar refractivity (Wildman–Crippen MR) is 100 cm³/mol. The monoisotopic (exact) mass is 374 g/mol. The van der Waals surface area contributed by atoms with Gasteiger partial charge in [-0.3, -0.25) is 9.78 Å². The smallest absolute Gasteiger partial charge is 0.298 e. The molecule has 0 aromatic carbocycles. The van der Waals surface area contributed by atoms with Crippen molar-refractivity contribution in [1.29, 1.82) is 0 Å². The minimum Gasteiger partial charge on any atom is -0.298 e. The van der Waals surface area contributed by atoms with E-state index in [4.69, 9.17) is 9.78 Å². The minimum atomic E-state index is -0.566. The second-order valence-corrected chi connectivity index (χ2v) is 6.59. The molecule has 0 N–H and O–H groups in total. The van der Waals surface area contributed by atoms with Gasteiger partial charge in [0, 0.05) is 0 Å². The maximum Gasteiger partial charge on any atom is 0.342 e. The van der Waals surface area contributed by atoms with Crippen LogP contribution < -0.4 is 0 Å². The maximum atomic E-state index is 11.4. The normalized spacial score (nSPS) is 10.7. The van der Waals surface area contributed by atoms with Gasteiger partial charge in [-0.05, 0) is 12.8 Å². The van der Waals surface area contributed by atoms with Crippen molar-refractivity contribution < 1.29 is 29.1 Å². The predicted octanol–water partition coefficient (Wildman–Crippen LogP) is 5.44. The second kappa shape index (κ2) is 20.2. The van der Waals surface area contributed by atoms with E-state index in [1.165, 1.54) is 51.4 Å². The van der Waals surface area contributed by atoms with Crippen LogP contribution in [0.15, 0.2) is 0 Å². The molecule has 0 aromatic heterocycles. The molecule has 6 nitrogen and oxygen atoms in total. The lowest BCUT2D eigenvalue weighted by Crippen LogP contribution is -2.11. The van der Waals surface area contributed by atoms with Crippen molar-refractivity contribution >= 4 is 11.9 Å². The summed E-state index contributed by atoms with van der Waals surface area (Å²) in [6.45, 7) is 5.15. The van der Waals surface area contributed by atoms with E-state index < -0.39 is 11.9 Å². The second-order valence-electron chi connectivity index (χ2n) is 6.59. The fraction of sp³-hybridized carbons (Fsp3) is 0.900. The highest BCUT2D eigenvalue weighted by Gasteiger charge is 2.11. The number of carbonyl (C=O) groups excluding carboxylic acids is 2. The zero-order valence-corrected chi connectivity index (χ0v) is 16.8. The summed E-state index contributed by atoms with van der Waals surface area (Å²) in [5.74, 6) is -1.13. The summed E-state index contributed by atoms with van der Waals surface area (Å²) in [5, 5.41) is 0. The Balaban J connectivity index is 3.33. The molecule has 0 saturated heterocycles. The Bertz CT molecular complexity index is 300. The molecule has 0 aromatic rings. The Morgan fingerprint density at radius 1 is 0.538 bits per heavy atom. The molecule has 0 saturated carbocycles. The third kappa shape index (κ3) is 19.2. The highest BCUT2D eigenvalue weighted by molar-refractivity contribution is 5.76. The van der Waals surface area contributed by atoms with E-state index in [0.29, 0.717) is 13.2 Å². The summed E-state index contributed by atoms with van der Waals surface area (Å²) in [7, 11) is 0. The quantitative estimate of drug-likeness (QED) is 0.170. The molecule has 0 aliphatic heterocycles. The average Bonchev–Trinajstić information content (AvgIpc) is 2.64. The molecule has 0 heterocycles. The highest BCUT2D eigenvalue weighted by Crippen LogP contribution is 2.06. The van der Waals surface area contributed by atoms with Crippen LogP contribution in [0.2, 0.25) is 0 Å². The van der Waals surface area contributed by atoms with Crippen molar-refractivity contribution in [3.63, 3.8) is 0 Å². The van der Waals surface area contributed by atoms with E-state index in [0.717, 1.165) is 25.7 Å². The molecule has 0 aliphatic rings. The van der Waals surface area contributed by atoms with Crippen LogP contribution in [-0.4, -0.2) is 25.2 Å².